The van der Waals surface area contributed by atoms with E-state index in [1.807, 2.05) is 17.8 Å². The maximum absolute atomic E-state index is 6.16. The normalized spacial score (nSPS) is 19.3. The van der Waals surface area contributed by atoms with Gasteiger partial charge in [-0.05, 0) is 5.56 Å². The fourth-order valence-electron chi connectivity index (χ4n) is 2.09. The maximum atomic E-state index is 6.16. The fourth-order valence-corrected chi connectivity index (χ4v) is 3.01. The van der Waals surface area contributed by atoms with Crippen molar-refractivity contribution in [1.82, 2.24) is 0 Å². The zero-order valence-corrected chi connectivity index (χ0v) is 9.18. The summed E-state index contributed by atoms with van der Waals surface area (Å²) < 4.78 is 0. The number of hydrogen-bond donors (Lipinski definition) is 1. The first-order chi connectivity index (χ1) is 7.36. The van der Waals surface area contributed by atoms with E-state index < -0.39 is 0 Å². The first-order valence-corrected chi connectivity index (χ1v) is 6.09. The van der Waals surface area contributed by atoms with E-state index in [4.69, 9.17) is 5.73 Å². The van der Waals surface area contributed by atoms with Gasteiger partial charge in [0.05, 0.1) is 5.04 Å². The largest absolute Gasteiger partial charge is 0.398 e. The van der Waals surface area contributed by atoms with Gasteiger partial charge in [-0.2, -0.15) is 0 Å². The Morgan fingerprint density at radius 2 is 2.13 bits per heavy atom. The molecule has 0 unspecified atom stereocenters. The highest BCUT2D eigenvalue weighted by Gasteiger charge is 2.24. The van der Waals surface area contributed by atoms with Crippen LogP contribution >= 0.6 is 11.8 Å². The van der Waals surface area contributed by atoms with Gasteiger partial charge in [0.15, 0.2) is 0 Å². The minimum Gasteiger partial charge on any atom is -0.398 e. The fraction of sp³-hybridized carbons (Fsp3) is 0.250. The smallest absolute Gasteiger partial charge is 0.0961 e. The highest BCUT2D eigenvalue weighted by Crippen LogP contribution is 2.33. The van der Waals surface area contributed by atoms with Crippen molar-refractivity contribution in [2.45, 2.75) is 6.42 Å². The molecule has 0 amide bonds. The quantitative estimate of drug-likeness (QED) is 0.780. The Kier molecular flexibility index (Phi) is 2.06. The summed E-state index contributed by atoms with van der Waals surface area (Å²) in [6.45, 7) is 0.938. The lowest BCUT2D eigenvalue weighted by atomic mass is 10.1. The van der Waals surface area contributed by atoms with Crippen LogP contribution in [0.5, 0.6) is 0 Å². The van der Waals surface area contributed by atoms with Gasteiger partial charge in [0, 0.05) is 35.6 Å². The first kappa shape index (κ1) is 9.04. The van der Waals surface area contributed by atoms with Crippen LogP contribution < -0.4 is 5.73 Å². The van der Waals surface area contributed by atoms with Crippen LogP contribution in [0, 0.1) is 0 Å². The van der Waals surface area contributed by atoms with Crippen LogP contribution in [-0.2, 0) is 6.42 Å². The topological polar surface area (TPSA) is 38.4 Å². The van der Waals surface area contributed by atoms with Crippen LogP contribution in [0.2, 0.25) is 0 Å². The SMILES string of the molecule is NC1=C(C2=NCCS2)Cc2ccccc21. The van der Waals surface area contributed by atoms with Crippen molar-refractivity contribution in [2.24, 2.45) is 10.7 Å². The lowest BCUT2D eigenvalue weighted by Crippen LogP contribution is -2.02. The van der Waals surface area contributed by atoms with E-state index in [9.17, 15) is 0 Å². The summed E-state index contributed by atoms with van der Waals surface area (Å²) in [4.78, 5) is 4.49. The van der Waals surface area contributed by atoms with Gasteiger partial charge >= 0.3 is 0 Å². The van der Waals surface area contributed by atoms with E-state index in [0.29, 0.717) is 0 Å². The Labute approximate surface area is 93.3 Å². The average molecular weight is 216 g/mol. The van der Waals surface area contributed by atoms with E-state index in [0.717, 1.165) is 29.5 Å². The number of benzene rings is 1. The van der Waals surface area contributed by atoms with Crippen LogP contribution in [0.4, 0.5) is 0 Å². The van der Waals surface area contributed by atoms with Crippen LogP contribution in [-0.4, -0.2) is 17.3 Å². The van der Waals surface area contributed by atoms with Gasteiger partial charge < -0.3 is 5.73 Å². The molecule has 0 fully saturated rings. The molecule has 1 aromatic rings. The third-order valence-electron chi connectivity index (χ3n) is 2.84. The summed E-state index contributed by atoms with van der Waals surface area (Å²) in [6, 6.07) is 8.35. The highest BCUT2D eigenvalue weighted by atomic mass is 32.2. The van der Waals surface area contributed by atoms with Crippen LogP contribution in [0.1, 0.15) is 11.1 Å². The maximum Gasteiger partial charge on any atom is 0.0961 e. The summed E-state index contributed by atoms with van der Waals surface area (Å²) in [5, 5.41) is 1.16. The van der Waals surface area contributed by atoms with Gasteiger partial charge in [-0.3, -0.25) is 4.99 Å². The number of thioether (sulfide) groups is 1. The Bertz CT molecular complexity index is 474. The van der Waals surface area contributed by atoms with Gasteiger partial charge in [0.25, 0.3) is 0 Å². The lowest BCUT2D eigenvalue weighted by molar-refractivity contribution is 1.17. The third-order valence-corrected chi connectivity index (χ3v) is 3.88. The predicted octanol–water partition coefficient (Wildman–Crippen LogP) is 2.06. The molecule has 0 spiro atoms. The number of aliphatic imine (C=N–C) groups is 1. The molecule has 3 heteroatoms. The molecule has 15 heavy (non-hydrogen) atoms. The molecule has 3 rings (SSSR count). The van der Waals surface area contributed by atoms with Crippen molar-refractivity contribution in [3.8, 4) is 0 Å². The van der Waals surface area contributed by atoms with Crippen LogP contribution in [0.15, 0.2) is 34.8 Å². The molecule has 1 heterocycles. The molecule has 2 aliphatic rings. The first-order valence-electron chi connectivity index (χ1n) is 5.11. The van der Waals surface area contributed by atoms with Gasteiger partial charge in [0.1, 0.15) is 0 Å². The molecule has 0 aromatic heterocycles. The molecule has 0 saturated carbocycles. The number of hydrogen-bond acceptors (Lipinski definition) is 3. The van der Waals surface area contributed by atoms with Crippen molar-refractivity contribution >= 4 is 22.5 Å². The minimum absolute atomic E-state index is 0.929. The zero-order chi connectivity index (χ0) is 10.3. The minimum atomic E-state index is 0.929. The van der Waals surface area contributed by atoms with Crippen LogP contribution in [0.3, 0.4) is 0 Å². The van der Waals surface area contributed by atoms with E-state index in [1.165, 1.54) is 16.7 Å². The van der Waals surface area contributed by atoms with E-state index in [2.05, 4.69) is 23.2 Å². The second-order valence-electron chi connectivity index (χ2n) is 3.76. The zero-order valence-electron chi connectivity index (χ0n) is 8.36. The number of rotatable bonds is 1. The van der Waals surface area contributed by atoms with Gasteiger partial charge in [-0.15, -0.1) is 11.8 Å². The second kappa shape index (κ2) is 3.42. The predicted molar refractivity (Wildman–Crippen MR) is 66.0 cm³/mol. The Morgan fingerprint density at radius 1 is 1.27 bits per heavy atom. The number of nitrogens with two attached hydrogens (primary N) is 1. The molecule has 1 aliphatic carbocycles. The summed E-state index contributed by atoms with van der Waals surface area (Å²) in [5.41, 5.74) is 10.9. The third kappa shape index (κ3) is 1.38. The highest BCUT2D eigenvalue weighted by molar-refractivity contribution is 8.14. The van der Waals surface area contributed by atoms with E-state index in [-0.39, 0.29) is 0 Å². The summed E-state index contributed by atoms with van der Waals surface area (Å²) >= 11 is 1.83. The molecule has 0 saturated heterocycles. The van der Waals surface area contributed by atoms with Crippen molar-refractivity contribution in [3.05, 3.63) is 41.0 Å². The van der Waals surface area contributed by atoms with Crippen molar-refractivity contribution < 1.29 is 0 Å². The molecule has 2 nitrogen and oxygen atoms in total. The van der Waals surface area contributed by atoms with Crippen LogP contribution in [0.25, 0.3) is 5.70 Å². The summed E-state index contributed by atoms with van der Waals surface area (Å²) in [6.07, 6.45) is 0.952. The molecule has 0 bridgehead atoms. The van der Waals surface area contributed by atoms with Crippen molar-refractivity contribution in [1.29, 1.82) is 0 Å². The van der Waals surface area contributed by atoms with Crippen molar-refractivity contribution in [3.63, 3.8) is 0 Å². The lowest BCUT2D eigenvalue weighted by Gasteiger charge is -2.01. The standard InChI is InChI=1S/C12H12N2S/c13-11-9-4-2-1-3-8(9)7-10(11)12-14-5-6-15-12/h1-4H,5-7,13H2. The van der Waals surface area contributed by atoms with Gasteiger partial charge in [-0.1, -0.05) is 24.3 Å². The summed E-state index contributed by atoms with van der Waals surface area (Å²) in [5.74, 6) is 1.10. The average Bonchev–Trinajstić information content (AvgIpc) is 2.87. The van der Waals surface area contributed by atoms with Gasteiger partial charge in [-0.25, -0.2) is 0 Å². The molecule has 2 N–H and O–H groups in total. The molecular weight excluding hydrogens is 204 g/mol. The number of nitrogens with zero attached hydrogens (tertiary/aromatic N) is 1. The Balaban J connectivity index is 2.05. The van der Waals surface area contributed by atoms with E-state index >= 15 is 0 Å². The molecular formula is C12H12N2S. The van der Waals surface area contributed by atoms with E-state index in [1.54, 1.807) is 0 Å². The molecule has 0 radical (unpaired) electrons. The second-order valence-corrected chi connectivity index (χ2v) is 4.85. The molecule has 76 valence electrons. The Hall–Kier alpha value is -1.22. The monoisotopic (exact) mass is 216 g/mol. The Morgan fingerprint density at radius 3 is 2.87 bits per heavy atom. The summed E-state index contributed by atoms with van der Waals surface area (Å²) in [7, 11) is 0. The molecule has 1 aliphatic heterocycles. The molecule has 1 aromatic carbocycles. The number of fused-ring (bicyclic) bond motifs is 1. The van der Waals surface area contributed by atoms with Gasteiger partial charge in [0.2, 0.25) is 0 Å². The molecule has 0 atom stereocenters. The van der Waals surface area contributed by atoms with Crippen molar-refractivity contribution in [2.75, 3.05) is 12.3 Å².